The van der Waals surface area contributed by atoms with E-state index < -0.39 is 23.8 Å². The van der Waals surface area contributed by atoms with Crippen LogP contribution in [-0.4, -0.2) is 37.0 Å². The van der Waals surface area contributed by atoms with Gasteiger partial charge in [0.15, 0.2) is 0 Å². The van der Waals surface area contributed by atoms with Crippen LogP contribution in [0, 0.1) is 0 Å². The summed E-state index contributed by atoms with van der Waals surface area (Å²) in [5, 5.41) is 7.94. The van der Waals surface area contributed by atoms with Crippen molar-refractivity contribution in [1.29, 1.82) is 0 Å². The van der Waals surface area contributed by atoms with Crippen LogP contribution in [0.5, 0.6) is 0 Å². The molecule has 2 amide bonds. The highest BCUT2D eigenvalue weighted by atomic mass is 79.9. The number of unbranched alkanes of at least 4 members (excludes halogenated alkanes) is 2. The number of nitrogens with one attached hydrogen (secondary N) is 1. The van der Waals surface area contributed by atoms with Gasteiger partial charge in [-0.15, -0.1) is 0 Å². The highest BCUT2D eigenvalue weighted by Gasteiger charge is 2.31. The summed E-state index contributed by atoms with van der Waals surface area (Å²) in [6, 6.07) is 10.5. The Hall–Kier alpha value is -3.56. The third-order valence-electron chi connectivity index (χ3n) is 7.63. The molecule has 5 aromatic rings. The Balaban J connectivity index is 1.77. The van der Waals surface area contributed by atoms with Crippen molar-refractivity contribution in [1.82, 2.24) is 5.32 Å². The summed E-state index contributed by atoms with van der Waals surface area (Å²) < 4.78 is 12.5. The van der Waals surface area contributed by atoms with E-state index in [-0.39, 0.29) is 24.3 Å². The summed E-state index contributed by atoms with van der Waals surface area (Å²) in [5.41, 5.74) is 1.34. The molecule has 1 aliphatic heterocycles. The molecule has 7 nitrogen and oxygen atoms in total. The van der Waals surface area contributed by atoms with Gasteiger partial charge < -0.3 is 9.47 Å². The van der Waals surface area contributed by atoms with Crippen LogP contribution in [0.2, 0.25) is 0 Å². The number of amides is 2. The number of imide groups is 1. The van der Waals surface area contributed by atoms with Gasteiger partial charge in [0.1, 0.15) is 0 Å². The maximum Gasteiger partial charge on any atom is 0.338 e. The highest BCUT2D eigenvalue weighted by molar-refractivity contribution is 9.11. The van der Waals surface area contributed by atoms with E-state index in [1.54, 1.807) is 24.3 Å². The molecule has 0 bridgehead atoms. The second-order valence-electron chi connectivity index (χ2n) is 10.1. The van der Waals surface area contributed by atoms with Crippen molar-refractivity contribution in [3.63, 3.8) is 0 Å². The normalized spacial score (nSPS) is 13.0. The predicted octanol–water partition coefficient (Wildman–Crippen LogP) is 8.06. The Morgan fingerprint density at radius 2 is 1.20 bits per heavy atom. The van der Waals surface area contributed by atoms with Crippen LogP contribution in [0.3, 0.4) is 0 Å². The van der Waals surface area contributed by atoms with Gasteiger partial charge >= 0.3 is 11.9 Å². The SMILES string of the molecule is CCCCOC(=O)c1ccc2c3c(Br)cc4c5c(ccc(c6c(Br)cc(C(=O)OCCCC)c1c26)c53)C(=O)NC4=O. The van der Waals surface area contributed by atoms with Gasteiger partial charge in [0.05, 0.1) is 24.3 Å². The number of halogens is 2. The minimum absolute atomic E-state index is 0.260. The Bertz CT molecular complexity index is 1950. The second-order valence-corrected chi connectivity index (χ2v) is 11.9. The maximum absolute atomic E-state index is 13.5. The molecule has 5 aromatic carbocycles. The molecule has 0 radical (unpaired) electrons. The number of hydrogen-bond acceptors (Lipinski definition) is 6. The molecule has 0 aromatic heterocycles. The van der Waals surface area contributed by atoms with Crippen molar-refractivity contribution in [2.24, 2.45) is 0 Å². The number of hydrogen-bond donors (Lipinski definition) is 1. The zero-order valence-electron chi connectivity index (χ0n) is 22.4. The summed E-state index contributed by atoms with van der Waals surface area (Å²) in [7, 11) is 0. The number of benzene rings is 5. The molecular formula is C32H25Br2NO6. The third kappa shape index (κ3) is 4.28. The zero-order valence-corrected chi connectivity index (χ0v) is 25.6. The number of ether oxygens (including phenoxy) is 2. The standard InChI is InChI=1S/C32H25Br2NO6/c1-3-5-11-40-31(38)18-10-8-16-25-21(33)13-19-23-17(29(36)35-30(19)37)9-7-15(27(23)25)26-22(34)14-20(24(18)28(16)26)32(39)41-12-6-4-2/h7-10,13-14H,3-6,11-12H2,1-2H3,(H,35,36,37). The number of rotatable bonds is 8. The van der Waals surface area contributed by atoms with Crippen LogP contribution in [0.1, 0.15) is 81.0 Å². The van der Waals surface area contributed by atoms with Gasteiger partial charge in [0.2, 0.25) is 0 Å². The van der Waals surface area contributed by atoms with Crippen molar-refractivity contribution >= 4 is 98.7 Å². The number of esters is 2. The van der Waals surface area contributed by atoms with Crippen LogP contribution in [0.4, 0.5) is 0 Å². The van der Waals surface area contributed by atoms with Crippen molar-refractivity contribution in [2.45, 2.75) is 39.5 Å². The summed E-state index contributed by atoms with van der Waals surface area (Å²) >= 11 is 7.39. The fourth-order valence-corrected chi connectivity index (χ4v) is 7.00. The lowest BCUT2D eigenvalue weighted by atomic mass is 9.83. The minimum Gasteiger partial charge on any atom is -0.462 e. The van der Waals surface area contributed by atoms with E-state index in [4.69, 9.17) is 9.47 Å². The highest BCUT2D eigenvalue weighted by Crippen LogP contribution is 2.49. The van der Waals surface area contributed by atoms with Gasteiger partial charge in [-0.25, -0.2) is 9.59 Å². The van der Waals surface area contributed by atoms with Gasteiger partial charge in [0, 0.05) is 52.4 Å². The predicted molar refractivity (Wildman–Crippen MR) is 165 cm³/mol. The Kier molecular flexibility index (Phi) is 7.20. The smallest absolute Gasteiger partial charge is 0.338 e. The van der Waals surface area contributed by atoms with Gasteiger partial charge in [-0.2, -0.15) is 0 Å². The molecule has 0 saturated carbocycles. The molecule has 1 heterocycles. The van der Waals surface area contributed by atoms with E-state index >= 15 is 0 Å². The maximum atomic E-state index is 13.5. The minimum atomic E-state index is -0.525. The average molecular weight is 679 g/mol. The van der Waals surface area contributed by atoms with Crippen LogP contribution in [0.25, 0.3) is 43.1 Å². The van der Waals surface area contributed by atoms with Gasteiger partial charge in [0.25, 0.3) is 11.8 Å². The van der Waals surface area contributed by atoms with Gasteiger partial charge in [-0.05, 0) is 47.9 Å². The van der Waals surface area contributed by atoms with Crippen molar-refractivity contribution in [3.05, 3.63) is 67.6 Å². The first-order valence-corrected chi connectivity index (χ1v) is 15.2. The first-order valence-electron chi connectivity index (χ1n) is 13.6. The van der Waals surface area contributed by atoms with Crippen LogP contribution >= 0.6 is 31.9 Å². The van der Waals surface area contributed by atoms with E-state index in [9.17, 15) is 19.2 Å². The Morgan fingerprint density at radius 3 is 1.83 bits per heavy atom. The first-order chi connectivity index (χ1) is 19.8. The fraction of sp³-hybridized carbons (Fsp3) is 0.250. The number of carbonyl (C=O) groups is 4. The number of carbonyl (C=O) groups excluding carboxylic acids is 4. The topological polar surface area (TPSA) is 98.8 Å². The number of fused-ring (bicyclic) bond motifs is 2. The molecule has 0 fully saturated rings. The second kappa shape index (κ2) is 10.7. The van der Waals surface area contributed by atoms with Crippen LogP contribution in [0.15, 0.2) is 45.3 Å². The summed E-state index contributed by atoms with van der Waals surface area (Å²) in [4.78, 5) is 52.5. The molecule has 0 atom stereocenters. The molecule has 1 N–H and O–H groups in total. The Morgan fingerprint density at radius 1 is 0.659 bits per heavy atom. The molecule has 0 spiro atoms. The molecule has 0 saturated heterocycles. The third-order valence-corrected chi connectivity index (χ3v) is 8.88. The monoisotopic (exact) mass is 677 g/mol. The largest absolute Gasteiger partial charge is 0.462 e. The molecule has 9 heteroatoms. The summed E-state index contributed by atoms with van der Waals surface area (Å²) in [6.45, 7) is 4.57. The van der Waals surface area contributed by atoms with Crippen LogP contribution in [-0.2, 0) is 9.47 Å². The zero-order chi connectivity index (χ0) is 29.0. The molecule has 0 unspecified atom stereocenters. The van der Waals surface area contributed by atoms with E-state index in [2.05, 4.69) is 37.2 Å². The molecule has 0 aliphatic carbocycles. The van der Waals surface area contributed by atoms with Crippen molar-refractivity contribution < 1.29 is 28.7 Å². The summed E-state index contributed by atoms with van der Waals surface area (Å²) in [6.07, 6.45) is 3.19. The van der Waals surface area contributed by atoms with Crippen molar-refractivity contribution in [3.8, 4) is 0 Å². The molecule has 41 heavy (non-hydrogen) atoms. The summed E-state index contributed by atoms with van der Waals surface area (Å²) in [5.74, 6) is -1.95. The van der Waals surface area contributed by atoms with E-state index in [0.29, 0.717) is 36.2 Å². The lowest BCUT2D eigenvalue weighted by Gasteiger charge is -2.23. The van der Waals surface area contributed by atoms with Crippen molar-refractivity contribution in [2.75, 3.05) is 13.2 Å². The lowest BCUT2D eigenvalue weighted by molar-refractivity contribution is 0.0500. The first kappa shape index (κ1) is 27.6. The Labute approximate surface area is 252 Å². The molecule has 1 aliphatic rings. The van der Waals surface area contributed by atoms with Gasteiger partial charge in [-0.3, -0.25) is 14.9 Å². The molecule has 6 rings (SSSR count). The van der Waals surface area contributed by atoms with E-state index in [1.165, 1.54) is 0 Å². The van der Waals surface area contributed by atoms with E-state index in [1.807, 2.05) is 26.0 Å². The van der Waals surface area contributed by atoms with Gasteiger partial charge in [-0.1, -0.05) is 70.7 Å². The fourth-order valence-electron chi connectivity index (χ4n) is 5.72. The molecular weight excluding hydrogens is 654 g/mol. The van der Waals surface area contributed by atoms with E-state index in [0.717, 1.165) is 52.6 Å². The van der Waals surface area contributed by atoms with Crippen LogP contribution < -0.4 is 5.32 Å². The quantitative estimate of drug-likeness (QED) is 0.0586. The lowest BCUT2D eigenvalue weighted by Crippen LogP contribution is -2.34. The average Bonchev–Trinajstić information content (AvgIpc) is 2.95. The molecule has 208 valence electrons.